The van der Waals surface area contributed by atoms with Gasteiger partial charge in [-0.3, -0.25) is 0 Å². The fourth-order valence-electron chi connectivity index (χ4n) is 4.01. The maximum Gasteiger partial charge on any atom is 0.489 e. The molecule has 4 aromatic rings. The summed E-state index contributed by atoms with van der Waals surface area (Å²) in [4.78, 5) is 0. The zero-order valence-corrected chi connectivity index (χ0v) is 15.3. The molecule has 0 spiro atoms. The standard InChI is InChI=1S/C23H19BO4/c25-24(26)19-14-21-23(18-9-4-3-8-17(18)19)22-16-7-2-1-6-15(16)10-11-20(22)27-12-5-13-28-21/h1-4,6-11,14,25-26H,5,12-13H2. The molecule has 0 radical (unpaired) electrons. The van der Waals surface area contributed by atoms with Crippen molar-refractivity contribution in [1.29, 1.82) is 0 Å². The first-order valence-corrected chi connectivity index (χ1v) is 9.43. The Morgan fingerprint density at radius 1 is 0.679 bits per heavy atom. The molecule has 0 bridgehead atoms. The van der Waals surface area contributed by atoms with Gasteiger partial charge in [-0.25, -0.2) is 0 Å². The van der Waals surface area contributed by atoms with E-state index < -0.39 is 7.12 Å². The zero-order valence-electron chi connectivity index (χ0n) is 15.3. The predicted octanol–water partition coefficient (Wildman–Crippen LogP) is 3.50. The van der Waals surface area contributed by atoms with Gasteiger partial charge in [-0.2, -0.15) is 0 Å². The lowest BCUT2D eigenvalue weighted by Crippen LogP contribution is -2.30. The van der Waals surface area contributed by atoms with Gasteiger partial charge in [0.1, 0.15) is 11.5 Å². The molecule has 1 heterocycles. The van der Waals surface area contributed by atoms with E-state index in [2.05, 4.69) is 18.2 Å². The van der Waals surface area contributed by atoms with Crippen LogP contribution in [0.2, 0.25) is 0 Å². The third kappa shape index (κ3) is 2.71. The van der Waals surface area contributed by atoms with Crippen molar-refractivity contribution in [3.05, 3.63) is 66.7 Å². The van der Waals surface area contributed by atoms with Gasteiger partial charge >= 0.3 is 7.12 Å². The van der Waals surface area contributed by atoms with E-state index in [-0.39, 0.29) is 0 Å². The van der Waals surface area contributed by atoms with Crippen molar-refractivity contribution < 1.29 is 19.5 Å². The number of hydrogen-bond acceptors (Lipinski definition) is 4. The molecule has 0 saturated heterocycles. The fourth-order valence-corrected chi connectivity index (χ4v) is 4.01. The quantitative estimate of drug-likeness (QED) is 0.504. The van der Waals surface area contributed by atoms with Crippen LogP contribution in [0, 0.1) is 0 Å². The smallest absolute Gasteiger partial charge is 0.489 e. The van der Waals surface area contributed by atoms with Gasteiger partial charge in [-0.15, -0.1) is 0 Å². The summed E-state index contributed by atoms with van der Waals surface area (Å²) in [6.07, 6.45) is 0.746. The highest BCUT2D eigenvalue weighted by Crippen LogP contribution is 2.45. The minimum absolute atomic E-state index is 0.441. The Morgan fingerprint density at radius 3 is 2.11 bits per heavy atom. The van der Waals surface area contributed by atoms with Crippen LogP contribution in [0.5, 0.6) is 11.5 Å². The Hall–Kier alpha value is -3.02. The van der Waals surface area contributed by atoms with E-state index in [4.69, 9.17) is 9.47 Å². The summed E-state index contributed by atoms with van der Waals surface area (Å²) in [5, 5.41) is 23.8. The largest absolute Gasteiger partial charge is 0.493 e. The van der Waals surface area contributed by atoms with E-state index in [1.54, 1.807) is 6.07 Å². The third-order valence-electron chi connectivity index (χ3n) is 5.26. The number of hydrogen-bond donors (Lipinski definition) is 2. The van der Waals surface area contributed by atoms with Crippen LogP contribution in [-0.2, 0) is 0 Å². The molecule has 0 atom stereocenters. The first kappa shape index (κ1) is 17.1. The van der Waals surface area contributed by atoms with E-state index >= 15 is 0 Å². The van der Waals surface area contributed by atoms with Gasteiger partial charge in [0, 0.05) is 17.5 Å². The molecule has 5 rings (SSSR count). The van der Waals surface area contributed by atoms with Gasteiger partial charge in [0.25, 0.3) is 0 Å². The summed E-state index contributed by atoms with van der Waals surface area (Å²) in [7, 11) is -1.57. The molecule has 0 aliphatic carbocycles. The van der Waals surface area contributed by atoms with Gasteiger partial charge in [-0.1, -0.05) is 54.6 Å². The molecule has 0 amide bonds. The first-order valence-electron chi connectivity index (χ1n) is 9.43. The maximum absolute atomic E-state index is 9.95. The lowest BCUT2D eigenvalue weighted by molar-refractivity contribution is 0.252. The van der Waals surface area contributed by atoms with Crippen LogP contribution in [0.4, 0.5) is 0 Å². The summed E-state index contributed by atoms with van der Waals surface area (Å²) in [6.45, 7) is 1.06. The Morgan fingerprint density at radius 2 is 1.32 bits per heavy atom. The van der Waals surface area contributed by atoms with Crippen LogP contribution in [0.3, 0.4) is 0 Å². The topological polar surface area (TPSA) is 58.9 Å². The van der Waals surface area contributed by atoms with Gasteiger partial charge < -0.3 is 19.5 Å². The van der Waals surface area contributed by atoms with Crippen molar-refractivity contribution in [2.75, 3.05) is 13.2 Å². The molecular weight excluding hydrogens is 351 g/mol. The predicted molar refractivity (Wildman–Crippen MR) is 112 cm³/mol. The van der Waals surface area contributed by atoms with E-state index in [1.165, 1.54) is 0 Å². The minimum Gasteiger partial charge on any atom is -0.493 e. The van der Waals surface area contributed by atoms with Crippen LogP contribution in [0.15, 0.2) is 66.7 Å². The molecule has 1 aliphatic rings. The Bertz CT molecular complexity index is 1190. The summed E-state index contributed by atoms with van der Waals surface area (Å²) in [5.74, 6) is 1.46. The molecule has 2 N–H and O–H groups in total. The second kappa shape index (κ2) is 6.86. The molecule has 4 aromatic carbocycles. The SMILES string of the molecule is OB(O)c1cc2c(c3ccccc13)-c1c(ccc3ccccc13)OCCCO2. The van der Waals surface area contributed by atoms with Gasteiger partial charge in [0.2, 0.25) is 0 Å². The van der Waals surface area contributed by atoms with Crippen molar-refractivity contribution in [2.45, 2.75) is 6.42 Å². The highest BCUT2D eigenvalue weighted by atomic mass is 16.5. The van der Waals surface area contributed by atoms with E-state index in [9.17, 15) is 10.0 Å². The minimum atomic E-state index is -1.57. The normalized spacial score (nSPS) is 13.5. The average Bonchev–Trinajstić information content (AvgIpc) is 2.81. The van der Waals surface area contributed by atoms with Crippen LogP contribution in [0.25, 0.3) is 32.7 Å². The summed E-state index contributed by atoms with van der Waals surface area (Å²) in [5.41, 5.74) is 2.34. The van der Waals surface area contributed by atoms with E-state index in [0.717, 1.165) is 44.8 Å². The third-order valence-corrected chi connectivity index (χ3v) is 5.26. The van der Waals surface area contributed by atoms with E-state index in [0.29, 0.717) is 24.4 Å². The molecule has 138 valence electrons. The highest BCUT2D eigenvalue weighted by Gasteiger charge is 2.24. The fraction of sp³-hybridized carbons (Fsp3) is 0.130. The summed E-state index contributed by atoms with van der Waals surface area (Å²) < 4.78 is 12.2. The Labute approximate surface area is 163 Å². The van der Waals surface area contributed by atoms with Crippen molar-refractivity contribution in [1.82, 2.24) is 0 Å². The lowest BCUT2D eigenvalue weighted by atomic mass is 9.75. The molecular formula is C23H19BO4. The van der Waals surface area contributed by atoms with Gasteiger partial charge in [-0.05, 0) is 39.1 Å². The van der Waals surface area contributed by atoms with Crippen LogP contribution < -0.4 is 14.9 Å². The molecule has 0 saturated carbocycles. The highest BCUT2D eigenvalue weighted by molar-refractivity contribution is 6.62. The molecule has 0 unspecified atom stereocenters. The van der Waals surface area contributed by atoms with Crippen LogP contribution in [-0.4, -0.2) is 30.4 Å². The second-order valence-electron chi connectivity index (χ2n) is 6.97. The van der Waals surface area contributed by atoms with Crippen molar-refractivity contribution >= 4 is 34.1 Å². The second-order valence-corrected chi connectivity index (χ2v) is 6.97. The van der Waals surface area contributed by atoms with Gasteiger partial charge in [0.05, 0.1) is 13.2 Å². The molecule has 0 fully saturated rings. The summed E-state index contributed by atoms with van der Waals surface area (Å²) >= 11 is 0. The monoisotopic (exact) mass is 370 g/mol. The number of fused-ring (bicyclic) bond motifs is 7. The van der Waals surface area contributed by atoms with Crippen molar-refractivity contribution in [2.24, 2.45) is 0 Å². The molecule has 5 heteroatoms. The maximum atomic E-state index is 9.95. The number of benzene rings is 4. The van der Waals surface area contributed by atoms with Crippen LogP contribution in [0.1, 0.15) is 6.42 Å². The molecule has 0 aromatic heterocycles. The van der Waals surface area contributed by atoms with Gasteiger partial charge in [0.15, 0.2) is 0 Å². The Balaban J connectivity index is 1.97. The molecule has 28 heavy (non-hydrogen) atoms. The number of rotatable bonds is 1. The Kier molecular flexibility index (Phi) is 4.19. The zero-order chi connectivity index (χ0) is 19.1. The van der Waals surface area contributed by atoms with Crippen molar-refractivity contribution in [3.63, 3.8) is 0 Å². The molecule has 1 aliphatic heterocycles. The average molecular weight is 370 g/mol. The first-order chi connectivity index (χ1) is 13.7. The van der Waals surface area contributed by atoms with Crippen molar-refractivity contribution in [3.8, 4) is 22.6 Å². The molecule has 4 nitrogen and oxygen atoms in total. The van der Waals surface area contributed by atoms with E-state index in [1.807, 2.05) is 42.5 Å². The lowest BCUT2D eigenvalue weighted by Gasteiger charge is -2.19. The number of ether oxygens (including phenoxy) is 2. The van der Waals surface area contributed by atoms with Crippen LogP contribution >= 0.6 is 0 Å². The summed E-state index contributed by atoms with van der Waals surface area (Å²) in [6, 6.07) is 21.8.